The number of esters is 1. The monoisotopic (exact) mass is 170 g/mol. The fourth-order valence-electron chi connectivity index (χ4n) is 0.686. The van der Waals surface area contributed by atoms with Crippen LogP contribution >= 0.6 is 0 Å². The molecular formula is C8H14N2O2. The van der Waals surface area contributed by atoms with E-state index in [1.54, 1.807) is 6.07 Å². The summed E-state index contributed by atoms with van der Waals surface area (Å²) in [4.78, 5) is 11.0. The molecular weight excluding hydrogens is 156 g/mol. The van der Waals surface area contributed by atoms with Gasteiger partial charge in [-0.15, -0.1) is 0 Å². The first-order valence-electron chi connectivity index (χ1n) is 3.92. The first kappa shape index (κ1) is 10.9. The number of carbonyl (C=O) groups is 1. The first-order valence-corrected chi connectivity index (χ1v) is 3.92. The van der Waals surface area contributed by atoms with Crippen LogP contribution in [0, 0.1) is 17.2 Å². The number of hydrogen-bond acceptors (Lipinski definition) is 4. The van der Waals surface area contributed by atoms with Gasteiger partial charge in [-0.05, 0) is 5.92 Å². The van der Waals surface area contributed by atoms with Crippen LogP contribution in [-0.4, -0.2) is 18.6 Å². The molecule has 0 fully saturated rings. The van der Waals surface area contributed by atoms with Crippen LogP contribution in [0.15, 0.2) is 0 Å². The molecule has 0 aromatic heterocycles. The zero-order valence-electron chi connectivity index (χ0n) is 7.41. The van der Waals surface area contributed by atoms with E-state index in [-0.39, 0.29) is 12.5 Å². The lowest BCUT2D eigenvalue weighted by molar-refractivity contribution is -0.145. The number of rotatable bonds is 4. The van der Waals surface area contributed by atoms with E-state index in [2.05, 4.69) is 4.74 Å². The third kappa shape index (κ3) is 3.35. The second-order valence-corrected chi connectivity index (χ2v) is 2.68. The molecule has 4 nitrogen and oxygen atoms in total. The van der Waals surface area contributed by atoms with Crippen molar-refractivity contribution in [3.63, 3.8) is 0 Å². The predicted molar refractivity (Wildman–Crippen MR) is 44.0 cm³/mol. The van der Waals surface area contributed by atoms with Gasteiger partial charge in [-0.2, -0.15) is 5.26 Å². The van der Waals surface area contributed by atoms with Crippen molar-refractivity contribution in [3.8, 4) is 6.07 Å². The summed E-state index contributed by atoms with van der Waals surface area (Å²) >= 11 is 0. The van der Waals surface area contributed by atoms with Crippen LogP contribution in [0.3, 0.4) is 0 Å². The minimum absolute atomic E-state index is 0.0937. The lowest BCUT2D eigenvalue weighted by atomic mass is 10.0. The second-order valence-electron chi connectivity index (χ2n) is 2.68. The smallest absolute Gasteiger partial charge is 0.324 e. The summed E-state index contributed by atoms with van der Waals surface area (Å²) in [6.07, 6.45) is 0.822. The molecule has 0 aliphatic rings. The highest BCUT2D eigenvalue weighted by Gasteiger charge is 2.20. The molecule has 0 saturated heterocycles. The van der Waals surface area contributed by atoms with Crippen LogP contribution in [-0.2, 0) is 9.53 Å². The Kier molecular flexibility index (Phi) is 5.06. The van der Waals surface area contributed by atoms with Crippen molar-refractivity contribution in [2.24, 2.45) is 11.7 Å². The van der Waals surface area contributed by atoms with Gasteiger partial charge in [0.15, 0.2) is 6.61 Å². The molecule has 0 bridgehead atoms. The maximum absolute atomic E-state index is 11.0. The molecule has 0 aromatic carbocycles. The molecule has 0 radical (unpaired) electrons. The summed E-state index contributed by atoms with van der Waals surface area (Å²) in [5.41, 5.74) is 5.53. The van der Waals surface area contributed by atoms with Crippen LogP contribution in [0.1, 0.15) is 20.3 Å². The minimum atomic E-state index is -0.608. The van der Waals surface area contributed by atoms with Gasteiger partial charge in [0.05, 0.1) is 0 Å². The van der Waals surface area contributed by atoms with Gasteiger partial charge in [0.25, 0.3) is 0 Å². The van der Waals surface area contributed by atoms with E-state index in [0.29, 0.717) is 0 Å². The van der Waals surface area contributed by atoms with Gasteiger partial charge in [-0.25, -0.2) is 0 Å². The van der Waals surface area contributed by atoms with Crippen molar-refractivity contribution >= 4 is 5.97 Å². The zero-order chi connectivity index (χ0) is 9.56. The van der Waals surface area contributed by atoms with Crippen molar-refractivity contribution in [2.75, 3.05) is 6.61 Å². The summed E-state index contributed by atoms with van der Waals surface area (Å²) in [6, 6.07) is 1.10. The molecule has 0 unspecified atom stereocenters. The molecule has 4 heteroatoms. The van der Waals surface area contributed by atoms with Crippen LogP contribution in [0.2, 0.25) is 0 Å². The molecule has 0 spiro atoms. The number of carbonyl (C=O) groups excluding carboxylic acids is 1. The Balaban J connectivity index is 3.85. The Labute approximate surface area is 72.3 Å². The predicted octanol–water partition coefficient (Wildman–Crippen LogP) is 0.427. The Morgan fingerprint density at radius 2 is 2.33 bits per heavy atom. The molecule has 0 aliphatic carbocycles. The van der Waals surface area contributed by atoms with Crippen LogP contribution in [0.5, 0.6) is 0 Å². The van der Waals surface area contributed by atoms with E-state index < -0.39 is 12.0 Å². The highest BCUT2D eigenvalue weighted by Crippen LogP contribution is 2.06. The Morgan fingerprint density at radius 1 is 1.75 bits per heavy atom. The standard InChI is InChI=1S/C8H14N2O2/c1-3-6(2)7(10)8(11)12-5-4-9/h6-7H,3,5,10H2,1-2H3/t6-,7-/m0/s1. The second kappa shape index (κ2) is 5.56. The molecule has 0 aromatic rings. The lowest BCUT2D eigenvalue weighted by Gasteiger charge is -2.15. The van der Waals surface area contributed by atoms with E-state index in [4.69, 9.17) is 11.0 Å². The third-order valence-corrected chi connectivity index (χ3v) is 1.81. The van der Waals surface area contributed by atoms with Crippen molar-refractivity contribution in [2.45, 2.75) is 26.3 Å². The van der Waals surface area contributed by atoms with Crippen LogP contribution in [0.25, 0.3) is 0 Å². The fraction of sp³-hybridized carbons (Fsp3) is 0.750. The van der Waals surface area contributed by atoms with E-state index in [0.717, 1.165) is 6.42 Å². The largest absolute Gasteiger partial charge is 0.449 e. The van der Waals surface area contributed by atoms with E-state index >= 15 is 0 Å². The maximum Gasteiger partial charge on any atom is 0.324 e. The van der Waals surface area contributed by atoms with Crippen molar-refractivity contribution in [1.82, 2.24) is 0 Å². The van der Waals surface area contributed by atoms with Crippen LogP contribution in [0.4, 0.5) is 0 Å². The Hall–Kier alpha value is -1.08. The number of nitriles is 1. The zero-order valence-corrected chi connectivity index (χ0v) is 7.41. The Bertz CT molecular complexity index is 186. The summed E-state index contributed by atoms with van der Waals surface area (Å²) in [6.45, 7) is 3.60. The van der Waals surface area contributed by atoms with Crippen molar-refractivity contribution < 1.29 is 9.53 Å². The van der Waals surface area contributed by atoms with Crippen LogP contribution < -0.4 is 5.73 Å². The minimum Gasteiger partial charge on any atom is -0.449 e. The first-order chi connectivity index (χ1) is 5.63. The molecule has 0 aliphatic heterocycles. The maximum atomic E-state index is 11.0. The highest BCUT2D eigenvalue weighted by atomic mass is 16.5. The molecule has 0 saturated carbocycles. The van der Waals surface area contributed by atoms with Gasteiger partial charge in [-0.1, -0.05) is 20.3 Å². The molecule has 68 valence electrons. The SMILES string of the molecule is CC[C@H](C)[C@H](N)C(=O)OCC#N. The lowest BCUT2D eigenvalue weighted by Crippen LogP contribution is -2.38. The molecule has 0 amide bonds. The van der Waals surface area contributed by atoms with Gasteiger partial charge in [-0.3, -0.25) is 4.79 Å². The van der Waals surface area contributed by atoms with Gasteiger partial charge >= 0.3 is 5.97 Å². The average molecular weight is 170 g/mol. The fourth-order valence-corrected chi connectivity index (χ4v) is 0.686. The van der Waals surface area contributed by atoms with Gasteiger partial charge in [0.2, 0.25) is 0 Å². The van der Waals surface area contributed by atoms with E-state index in [1.807, 2.05) is 13.8 Å². The third-order valence-electron chi connectivity index (χ3n) is 1.81. The summed E-state index contributed by atoms with van der Waals surface area (Å²) in [7, 11) is 0. The van der Waals surface area contributed by atoms with Gasteiger partial charge in [0, 0.05) is 0 Å². The quantitative estimate of drug-likeness (QED) is 0.620. The Morgan fingerprint density at radius 3 is 2.75 bits per heavy atom. The number of nitrogens with zero attached hydrogens (tertiary/aromatic N) is 1. The molecule has 0 heterocycles. The van der Waals surface area contributed by atoms with E-state index in [9.17, 15) is 4.79 Å². The van der Waals surface area contributed by atoms with Gasteiger partial charge < -0.3 is 10.5 Å². The normalized spacial score (nSPS) is 14.5. The number of nitrogens with two attached hydrogens (primary N) is 1. The molecule has 0 rings (SSSR count). The van der Waals surface area contributed by atoms with Crippen molar-refractivity contribution in [1.29, 1.82) is 5.26 Å². The molecule has 12 heavy (non-hydrogen) atoms. The summed E-state index contributed by atoms with van der Waals surface area (Å²) in [5, 5.41) is 8.12. The highest BCUT2D eigenvalue weighted by molar-refractivity contribution is 5.75. The number of ether oxygens (including phenoxy) is 1. The van der Waals surface area contributed by atoms with Gasteiger partial charge in [0.1, 0.15) is 12.1 Å². The summed E-state index contributed by atoms with van der Waals surface area (Å²) in [5.74, 6) is -0.401. The number of hydrogen-bond donors (Lipinski definition) is 1. The molecule has 2 N–H and O–H groups in total. The summed E-state index contributed by atoms with van der Waals surface area (Å²) < 4.78 is 4.55. The van der Waals surface area contributed by atoms with Crippen molar-refractivity contribution in [3.05, 3.63) is 0 Å². The average Bonchev–Trinajstić information content (AvgIpc) is 2.11. The van der Waals surface area contributed by atoms with E-state index in [1.165, 1.54) is 0 Å². The molecule has 2 atom stereocenters. The topological polar surface area (TPSA) is 76.1 Å².